The molecule has 2 N–H and O–H groups in total. The molecule has 10 nitrogen and oxygen atoms in total. The Hall–Kier alpha value is -3.29. The van der Waals surface area contributed by atoms with Crippen molar-refractivity contribution in [1.82, 2.24) is 35.1 Å². The summed E-state index contributed by atoms with van der Waals surface area (Å²) in [4.78, 5) is 31.0. The number of carbonyl (C=O) groups excluding carboxylic acids is 2. The number of carbonyl (C=O) groups is 2. The summed E-state index contributed by atoms with van der Waals surface area (Å²) < 4.78 is 44.2. The van der Waals surface area contributed by atoms with E-state index in [-0.39, 0.29) is 23.4 Å². The lowest BCUT2D eigenvalue weighted by Crippen LogP contribution is -2.47. The van der Waals surface area contributed by atoms with Crippen LogP contribution in [-0.2, 0) is 11.0 Å². The molecule has 0 spiro atoms. The lowest BCUT2D eigenvalue weighted by molar-refractivity contribution is -0.147. The third kappa shape index (κ3) is 4.38. The minimum Gasteiger partial charge on any atom is -0.356 e. The van der Waals surface area contributed by atoms with Gasteiger partial charge in [0.05, 0.1) is 46.0 Å². The Labute approximate surface area is 211 Å². The molecule has 190 valence electrons. The number of anilines is 1. The van der Waals surface area contributed by atoms with E-state index in [0.717, 1.165) is 10.9 Å². The molecule has 2 fully saturated rings. The first-order valence-corrected chi connectivity index (χ1v) is 12.2. The van der Waals surface area contributed by atoms with Crippen molar-refractivity contribution in [2.75, 3.05) is 11.9 Å². The number of alkyl halides is 3. The number of nitrogens with one attached hydrogen (secondary N) is 2. The van der Waals surface area contributed by atoms with Crippen LogP contribution in [0.4, 0.5) is 18.9 Å². The van der Waals surface area contributed by atoms with E-state index in [4.69, 9.17) is 0 Å². The Morgan fingerprint density at radius 2 is 1.94 bits per heavy atom. The summed E-state index contributed by atoms with van der Waals surface area (Å²) in [6.45, 7) is 2.02. The van der Waals surface area contributed by atoms with Crippen LogP contribution < -0.4 is 10.6 Å². The number of piperidine rings is 1. The van der Waals surface area contributed by atoms with Gasteiger partial charge in [-0.25, -0.2) is 4.98 Å². The second kappa shape index (κ2) is 9.30. The molecular weight excluding hydrogens is 545 g/mol. The zero-order valence-corrected chi connectivity index (χ0v) is 20.7. The summed E-state index contributed by atoms with van der Waals surface area (Å²) in [7, 11) is 0. The fourth-order valence-corrected chi connectivity index (χ4v) is 5.65. The fourth-order valence-electron chi connectivity index (χ4n) is 5.17. The van der Waals surface area contributed by atoms with Crippen molar-refractivity contribution in [3.05, 3.63) is 46.1 Å². The molecule has 3 atom stereocenters. The highest BCUT2D eigenvalue weighted by Gasteiger charge is 2.46. The van der Waals surface area contributed by atoms with Gasteiger partial charge in [-0.15, -0.1) is 4.80 Å². The molecule has 0 bridgehead atoms. The number of halogens is 4. The first kappa shape index (κ1) is 24.4. The summed E-state index contributed by atoms with van der Waals surface area (Å²) >= 11 is 3.34. The van der Waals surface area contributed by atoms with Crippen molar-refractivity contribution in [3.8, 4) is 5.82 Å². The molecule has 5 rings (SSSR count). The topological polar surface area (TPSA) is 120 Å². The van der Waals surface area contributed by atoms with E-state index in [0.29, 0.717) is 48.2 Å². The Morgan fingerprint density at radius 3 is 2.67 bits per heavy atom. The SMILES string of the molecule is Cc1nc(-n2nccn2)c(Br)cc1NC(=O)c1cnn(C2CCCC3C(=O)NCCC32)c1C(F)(F)F. The third-order valence-electron chi connectivity index (χ3n) is 6.77. The molecule has 0 aromatic carbocycles. The van der Waals surface area contributed by atoms with E-state index in [1.807, 2.05) is 0 Å². The van der Waals surface area contributed by atoms with E-state index in [1.54, 1.807) is 6.92 Å². The third-order valence-corrected chi connectivity index (χ3v) is 7.35. The van der Waals surface area contributed by atoms with Gasteiger partial charge in [-0.2, -0.15) is 28.5 Å². The molecule has 1 aliphatic heterocycles. The van der Waals surface area contributed by atoms with Crippen molar-refractivity contribution in [1.29, 1.82) is 0 Å². The molecule has 1 saturated carbocycles. The van der Waals surface area contributed by atoms with Gasteiger partial charge in [-0.05, 0) is 54.1 Å². The standard InChI is InChI=1S/C22H22BrF3N8O2/c1-11-16(9-15(23)19(31-11)34-28-7-8-29-34)32-21(36)14-10-30-33(18(14)22(24,25)26)17-4-2-3-13-12(17)5-6-27-20(13)35/h7-10,12-13,17H,2-6H2,1H3,(H,27,35)(H,32,36). The zero-order chi connectivity index (χ0) is 25.6. The van der Waals surface area contributed by atoms with Crippen LogP contribution in [0.1, 0.15) is 53.5 Å². The molecule has 4 heterocycles. The molecule has 3 aromatic rings. The molecular formula is C22H22BrF3N8O2. The number of hydrogen-bond donors (Lipinski definition) is 2. The van der Waals surface area contributed by atoms with E-state index < -0.39 is 29.4 Å². The van der Waals surface area contributed by atoms with Gasteiger partial charge < -0.3 is 10.6 Å². The predicted octanol–water partition coefficient (Wildman–Crippen LogP) is 3.68. The lowest BCUT2D eigenvalue weighted by Gasteiger charge is -2.41. The molecule has 1 saturated heterocycles. The smallest absolute Gasteiger partial charge is 0.356 e. The second-order valence-electron chi connectivity index (χ2n) is 8.90. The average Bonchev–Trinajstić information content (AvgIpc) is 3.51. The Morgan fingerprint density at radius 1 is 1.19 bits per heavy atom. The number of fused-ring (bicyclic) bond motifs is 1. The normalized spacial score (nSPS) is 22.1. The number of rotatable bonds is 4. The molecule has 3 unspecified atom stereocenters. The van der Waals surface area contributed by atoms with Gasteiger partial charge >= 0.3 is 6.18 Å². The molecule has 36 heavy (non-hydrogen) atoms. The molecule has 14 heteroatoms. The maximum atomic E-state index is 14.3. The summed E-state index contributed by atoms with van der Waals surface area (Å²) in [5.41, 5.74) is -1.11. The van der Waals surface area contributed by atoms with Crippen molar-refractivity contribution >= 4 is 33.4 Å². The number of aryl methyl sites for hydroxylation is 1. The quantitative estimate of drug-likeness (QED) is 0.497. The van der Waals surface area contributed by atoms with Crippen LogP contribution in [-0.4, -0.2) is 48.1 Å². The van der Waals surface area contributed by atoms with Gasteiger partial charge in [-0.1, -0.05) is 6.42 Å². The van der Waals surface area contributed by atoms with Crippen LogP contribution in [0.15, 0.2) is 29.1 Å². The minimum atomic E-state index is -4.82. The summed E-state index contributed by atoms with van der Waals surface area (Å²) in [6.07, 6.45) is 1.34. The highest BCUT2D eigenvalue weighted by atomic mass is 79.9. The largest absolute Gasteiger partial charge is 0.433 e. The number of aromatic nitrogens is 6. The second-order valence-corrected chi connectivity index (χ2v) is 9.75. The van der Waals surface area contributed by atoms with Gasteiger partial charge in [0.25, 0.3) is 5.91 Å². The van der Waals surface area contributed by atoms with Gasteiger partial charge in [0.2, 0.25) is 5.91 Å². The Balaban J connectivity index is 1.47. The Bertz CT molecular complexity index is 1310. The average molecular weight is 567 g/mol. The summed E-state index contributed by atoms with van der Waals surface area (Å²) in [6, 6.07) is 0.912. The first-order valence-electron chi connectivity index (χ1n) is 11.4. The van der Waals surface area contributed by atoms with Crippen LogP contribution in [0, 0.1) is 18.8 Å². The highest BCUT2D eigenvalue weighted by molar-refractivity contribution is 9.10. The maximum Gasteiger partial charge on any atom is 0.433 e. The molecule has 3 aromatic heterocycles. The van der Waals surface area contributed by atoms with Crippen LogP contribution in [0.3, 0.4) is 0 Å². The van der Waals surface area contributed by atoms with Crippen LogP contribution in [0.2, 0.25) is 0 Å². The first-order chi connectivity index (χ1) is 17.1. The van der Waals surface area contributed by atoms with E-state index >= 15 is 0 Å². The van der Waals surface area contributed by atoms with Crippen LogP contribution >= 0.6 is 15.9 Å². The van der Waals surface area contributed by atoms with Crippen molar-refractivity contribution in [3.63, 3.8) is 0 Å². The van der Waals surface area contributed by atoms with E-state index in [2.05, 4.69) is 46.8 Å². The predicted molar refractivity (Wildman–Crippen MR) is 124 cm³/mol. The number of pyridine rings is 1. The number of hydrogen-bond acceptors (Lipinski definition) is 6. The molecule has 2 aliphatic rings. The summed E-state index contributed by atoms with van der Waals surface area (Å²) in [5, 5.41) is 17.4. The van der Waals surface area contributed by atoms with E-state index in [1.165, 1.54) is 23.3 Å². The molecule has 0 radical (unpaired) electrons. The monoisotopic (exact) mass is 566 g/mol. The summed E-state index contributed by atoms with van der Waals surface area (Å²) in [5.74, 6) is -1.34. The fraction of sp³-hybridized carbons (Fsp3) is 0.455. The number of nitrogens with zero attached hydrogens (tertiary/aromatic N) is 6. The van der Waals surface area contributed by atoms with Gasteiger partial charge in [0.15, 0.2) is 11.5 Å². The minimum absolute atomic E-state index is 0.128. The van der Waals surface area contributed by atoms with Gasteiger partial charge in [0.1, 0.15) is 0 Å². The zero-order valence-electron chi connectivity index (χ0n) is 19.1. The van der Waals surface area contributed by atoms with Crippen molar-refractivity contribution in [2.45, 2.75) is 44.8 Å². The maximum absolute atomic E-state index is 14.3. The van der Waals surface area contributed by atoms with Gasteiger partial charge in [0, 0.05) is 12.5 Å². The van der Waals surface area contributed by atoms with Gasteiger partial charge in [-0.3, -0.25) is 14.3 Å². The highest BCUT2D eigenvalue weighted by Crippen LogP contribution is 2.44. The molecule has 1 aliphatic carbocycles. The van der Waals surface area contributed by atoms with Crippen LogP contribution in [0.25, 0.3) is 5.82 Å². The Kier molecular flexibility index (Phi) is 6.30. The van der Waals surface area contributed by atoms with Crippen molar-refractivity contribution < 1.29 is 22.8 Å². The van der Waals surface area contributed by atoms with E-state index in [9.17, 15) is 22.8 Å². The molecule has 2 amide bonds. The van der Waals surface area contributed by atoms with Crippen molar-refractivity contribution in [2.24, 2.45) is 11.8 Å². The van der Waals surface area contributed by atoms with Crippen LogP contribution in [0.5, 0.6) is 0 Å². The lowest BCUT2D eigenvalue weighted by atomic mass is 9.72. The number of amides is 2.